The maximum absolute atomic E-state index is 5.79. The summed E-state index contributed by atoms with van der Waals surface area (Å²) in [5.41, 5.74) is 6.87. The number of methoxy groups -OCH3 is 2. The van der Waals surface area contributed by atoms with Crippen LogP contribution in [0.5, 0.6) is 0 Å². The second kappa shape index (κ2) is 3.74. The molecule has 1 aliphatic carbocycles. The smallest absolute Gasteiger partial charge is 0.119 e. The molecule has 0 fully saturated rings. The molecule has 0 saturated heterocycles. The summed E-state index contributed by atoms with van der Waals surface area (Å²) in [4.78, 5) is 0. The van der Waals surface area contributed by atoms with E-state index in [1.807, 2.05) is 19.1 Å². The van der Waals surface area contributed by atoms with Gasteiger partial charge in [0.1, 0.15) is 5.76 Å². The summed E-state index contributed by atoms with van der Waals surface area (Å²) >= 11 is 0. The minimum Gasteiger partial charge on any atom is -0.497 e. The standard InChI is InChI=1S/C9H15NO2/c1-6-4-9(12-3)7(10)5-8(6)11-2/h4-5,7,9H,10H2,1-3H3. The van der Waals surface area contributed by atoms with E-state index in [-0.39, 0.29) is 12.1 Å². The summed E-state index contributed by atoms with van der Waals surface area (Å²) < 4.78 is 10.3. The maximum atomic E-state index is 5.79. The lowest BCUT2D eigenvalue weighted by Crippen LogP contribution is -2.35. The van der Waals surface area contributed by atoms with Crippen LogP contribution >= 0.6 is 0 Å². The molecule has 1 aliphatic rings. The molecule has 0 aliphatic heterocycles. The van der Waals surface area contributed by atoms with Gasteiger partial charge in [-0.25, -0.2) is 0 Å². The summed E-state index contributed by atoms with van der Waals surface area (Å²) in [5.74, 6) is 0.843. The zero-order valence-electron chi connectivity index (χ0n) is 7.70. The molecule has 0 spiro atoms. The van der Waals surface area contributed by atoms with Crippen LogP contribution in [0.25, 0.3) is 0 Å². The molecule has 3 nitrogen and oxygen atoms in total. The number of nitrogens with two attached hydrogens (primary N) is 1. The molecule has 0 aromatic carbocycles. The lowest BCUT2D eigenvalue weighted by Gasteiger charge is -2.23. The Balaban J connectivity index is 2.80. The highest BCUT2D eigenvalue weighted by Crippen LogP contribution is 2.19. The first kappa shape index (κ1) is 9.29. The van der Waals surface area contributed by atoms with Crippen molar-refractivity contribution in [1.29, 1.82) is 0 Å². The maximum Gasteiger partial charge on any atom is 0.119 e. The van der Waals surface area contributed by atoms with E-state index in [4.69, 9.17) is 15.2 Å². The predicted molar refractivity (Wildman–Crippen MR) is 47.6 cm³/mol. The van der Waals surface area contributed by atoms with Crippen LogP contribution in [0.15, 0.2) is 23.5 Å². The van der Waals surface area contributed by atoms with Crippen molar-refractivity contribution in [1.82, 2.24) is 0 Å². The van der Waals surface area contributed by atoms with Crippen molar-refractivity contribution in [2.24, 2.45) is 5.73 Å². The van der Waals surface area contributed by atoms with Crippen molar-refractivity contribution in [3.05, 3.63) is 23.5 Å². The normalized spacial score (nSPS) is 29.3. The van der Waals surface area contributed by atoms with Crippen LogP contribution < -0.4 is 5.73 Å². The van der Waals surface area contributed by atoms with E-state index < -0.39 is 0 Å². The third kappa shape index (κ3) is 1.68. The Morgan fingerprint density at radius 3 is 2.50 bits per heavy atom. The first-order valence-corrected chi connectivity index (χ1v) is 3.92. The molecule has 2 atom stereocenters. The summed E-state index contributed by atoms with van der Waals surface area (Å²) in [6.07, 6.45) is 3.83. The first-order valence-electron chi connectivity index (χ1n) is 3.92. The van der Waals surface area contributed by atoms with Crippen molar-refractivity contribution in [3.63, 3.8) is 0 Å². The molecule has 12 heavy (non-hydrogen) atoms. The van der Waals surface area contributed by atoms with Gasteiger partial charge in [0, 0.05) is 7.11 Å². The highest BCUT2D eigenvalue weighted by atomic mass is 16.5. The van der Waals surface area contributed by atoms with E-state index in [0.29, 0.717) is 0 Å². The Hall–Kier alpha value is -0.800. The third-order valence-electron chi connectivity index (χ3n) is 2.02. The van der Waals surface area contributed by atoms with Gasteiger partial charge in [-0.1, -0.05) is 0 Å². The minimum absolute atomic E-state index is 0.0242. The molecule has 0 aromatic rings. The molecule has 0 heterocycles. The number of ether oxygens (including phenoxy) is 2. The molecule has 0 aromatic heterocycles. The average molecular weight is 169 g/mol. The predicted octanol–water partition coefficient (Wildman–Crippen LogP) is 0.819. The summed E-state index contributed by atoms with van der Waals surface area (Å²) in [5, 5.41) is 0. The van der Waals surface area contributed by atoms with Gasteiger partial charge in [0.15, 0.2) is 0 Å². The fourth-order valence-electron chi connectivity index (χ4n) is 1.29. The zero-order chi connectivity index (χ0) is 9.14. The van der Waals surface area contributed by atoms with Gasteiger partial charge in [0.05, 0.1) is 19.3 Å². The van der Waals surface area contributed by atoms with Crippen LogP contribution in [0.3, 0.4) is 0 Å². The molecular formula is C9H15NO2. The highest BCUT2D eigenvalue weighted by Gasteiger charge is 2.19. The van der Waals surface area contributed by atoms with E-state index in [1.54, 1.807) is 14.2 Å². The van der Waals surface area contributed by atoms with Gasteiger partial charge < -0.3 is 15.2 Å². The SMILES string of the molecule is COC1=CC(N)C(OC)C=C1C. The quantitative estimate of drug-likeness (QED) is 0.665. The molecule has 0 bridgehead atoms. The van der Waals surface area contributed by atoms with Crippen molar-refractivity contribution in [3.8, 4) is 0 Å². The molecular weight excluding hydrogens is 154 g/mol. The van der Waals surface area contributed by atoms with Gasteiger partial charge in [-0.3, -0.25) is 0 Å². The average Bonchev–Trinajstić information content (AvgIpc) is 2.08. The monoisotopic (exact) mass is 169 g/mol. The first-order chi connectivity index (χ1) is 5.69. The Morgan fingerprint density at radius 2 is 2.00 bits per heavy atom. The number of allylic oxidation sites excluding steroid dienone is 1. The van der Waals surface area contributed by atoms with E-state index in [1.165, 1.54) is 0 Å². The zero-order valence-corrected chi connectivity index (χ0v) is 7.70. The lowest BCUT2D eigenvalue weighted by molar-refractivity contribution is 0.125. The van der Waals surface area contributed by atoms with Gasteiger partial charge in [0.25, 0.3) is 0 Å². The molecule has 3 heteroatoms. The van der Waals surface area contributed by atoms with Crippen LogP contribution in [0.2, 0.25) is 0 Å². The molecule has 0 amide bonds. The highest BCUT2D eigenvalue weighted by molar-refractivity contribution is 5.32. The Bertz CT molecular complexity index is 221. The Labute approximate surface area is 72.8 Å². The number of hydrogen-bond acceptors (Lipinski definition) is 3. The minimum atomic E-state index is -0.103. The van der Waals surface area contributed by atoms with Gasteiger partial charge >= 0.3 is 0 Å². The van der Waals surface area contributed by atoms with Gasteiger partial charge in [-0.2, -0.15) is 0 Å². The molecule has 68 valence electrons. The fourth-order valence-corrected chi connectivity index (χ4v) is 1.29. The third-order valence-corrected chi connectivity index (χ3v) is 2.02. The summed E-state index contributed by atoms with van der Waals surface area (Å²) in [6, 6.07) is -0.103. The second-order valence-corrected chi connectivity index (χ2v) is 2.86. The topological polar surface area (TPSA) is 44.5 Å². The summed E-state index contributed by atoms with van der Waals surface area (Å²) in [7, 11) is 3.29. The molecule has 1 rings (SSSR count). The fraction of sp³-hybridized carbons (Fsp3) is 0.556. The number of rotatable bonds is 2. The van der Waals surface area contributed by atoms with E-state index in [9.17, 15) is 0 Å². The van der Waals surface area contributed by atoms with Gasteiger partial charge in [-0.05, 0) is 24.6 Å². The van der Waals surface area contributed by atoms with Crippen LogP contribution in [0, 0.1) is 0 Å². The van der Waals surface area contributed by atoms with E-state index in [0.717, 1.165) is 11.3 Å². The van der Waals surface area contributed by atoms with Crippen molar-refractivity contribution in [2.45, 2.75) is 19.1 Å². The largest absolute Gasteiger partial charge is 0.497 e. The molecule has 2 unspecified atom stereocenters. The lowest BCUT2D eigenvalue weighted by atomic mass is 10.0. The van der Waals surface area contributed by atoms with Crippen LogP contribution in [-0.2, 0) is 9.47 Å². The summed E-state index contributed by atoms with van der Waals surface area (Å²) in [6.45, 7) is 1.98. The molecule has 0 radical (unpaired) electrons. The Morgan fingerprint density at radius 1 is 1.33 bits per heavy atom. The van der Waals surface area contributed by atoms with Crippen molar-refractivity contribution < 1.29 is 9.47 Å². The van der Waals surface area contributed by atoms with Crippen molar-refractivity contribution in [2.75, 3.05) is 14.2 Å². The van der Waals surface area contributed by atoms with Gasteiger partial charge in [-0.15, -0.1) is 0 Å². The molecule has 2 N–H and O–H groups in total. The molecule has 0 saturated carbocycles. The number of hydrogen-bond donors (Lipinski definition) is 1. The van der Waals surface area contributed by atoms with Gasteiger partial charge in [0.2, 0.25) is 0 Å². The van der Waals surface area contributed by atoms with Crippen molar-refractivity contribution >= 4 is 0 Å². The van der Waals surface area contributed by atoms with E-state index >= 15 is 0 Å². The van der Waals surface area contributed by atoms with E-state index in [2.05, 4.69) is 0 Å². The van der Waals surface area contributed by atoms with Crippen LogP contribution in [0.4, 0.5) is 0 Å². The van der Waals surface area contributed by atoms with Crippen LogP contribution in [-0.4, -0.2) is 26.4 Å². The Kier molecular flexibility index (Phi) is 2.89. The van der Waals surface area contributed by atoms with Crippen LogP contribution in [0.1, 0.15) is 6.92 Å². The second-order valence-electron chi connectivity index (χ2n) is 2.86.